The monoisotopic (exact) mass is 243 g/mol. The molecule has 18 heavy (non-hydrogen) atoms. The van der Waals surface area contributed by atoms with E-state index in [1.165, 1.54) is 30.9 Å². The lowest BCUT2D eigenvalue weighted by atomic mass is 9.92. The van der Waals surface area contributed by atoms with Crippen LogP contribution in [0, 0.1) is 10.1 Å². The summed E-state index contributed by atoms with van der Waals surface area (Å²) in [4.78, 5) is 10.4. The zero-order valence-corrected chi connectivity index (χ0v) is 10.4. The van der Waals surface area contributed by atoms with Crippen LogP contribution in [0.25, 0.3) is 5.57 Å². The van der Waals surface area contributed by atoms with Gasteiger partial charge in [0.05, 0.1) is 4.92 Å². The van der Waals surface area contributed by atoms with Crippen LogP contribution in [-0.2, 0) is 0 Å². The first kappa shape index (κ1) is 12.6. The molecule has 0 N–H and O–H groups in total. The van der Waals surface area contributed by atoms with Crippen molar-refractivity contribution in [3.63, 3.8) is 0 Å². The summed E-state index contributed by atoms with van der Waals surface area (Å²) in [6, 6.07) is 6.67. The standard InChI is InChI=1S/C15H17NO2/c1-12(10-13-6-3-2-4-7-13)14-8-5-9-15(11-14)16(17)18/h5,8-11H,1-4,6-7H2. The van der Waals surface area contributed by atoms with Crippen LogP contribution in [0.1, 0.15) is 37.7 Å². The molecule has 0 saturated heterocycles. The highest BCUT2D eigenvalue weighted by molar-refractivity contribution is 5.73. The molecule has 1 aliphatic carbocycles. The summed E-state index contributed by atoms with van der Waals surface area (Å²) in [6.45, 7) is 4.02. The Balaban J connectivity index is 2.18. The van der Waals surface area contributed by atoms with E-state index in [2.05, 4.69) is 12.7 Å². The zero-order valence-electron chi connectivity index (χ0n) is 10.4. The van der Waals surface area contributed by atoms with Crippen LogP contribution in [0.5, 0.6) is 0 Å². The minimum atomic E-state index is -0.371. The fraction of sp³-hybridized carbons (Fsp3) is 0.333. The van der Waals surface area contributed by atoms with Crippen LogP contribution in [0.15, 0.2) is 42.5 Å². The molecule has 0 heterocycles. The van der Waals surface area contributed by atoms with Crippen LogP contribution in [0.4, 0.5) is 5.69 Å². The van der Waals surface area contributed by atoms with Crippen molar-refractivity contribution < 1.29 is 4.92 Å². The number of allylic oxidation sites excluding steroid dienone is 3. The Morgan fingerprint density at radius 1 is 1.28 bits per heavy atom. The van der Waals surface area contributed by atoms with E-state index in [1.54, 1.807) is 12.1 Å². The average molecular weight is 243 g/mol. The highest BCUT2D eigenvalue weighted by Gasteiger charge is 2.09. The second kappa shape index (κ2) is 5.63. The summed E-state index contributed by atoms with van der Waals surface area (Å²) in [5, 5.41) is 10.7. The Morgan fingerprint density at radius 3 is 2.67 bits per heavy atom. The molecule has 0 radical (unpaired) electrons. The van der Waals surface area contributed by atoms with Gasteiger partial charge in [-0.1, -0.05) is 36.8 Å². The quantitative estimate of drug-likeness (QED) is 0.579. The molecule has 0 bridgehead atoms. The van der Waals surface area contributed by atoms with E-state index < -0.39 is 0 Å². The third-order valence-electron chi connectivity index (χ3n) is 3.30. The summed E-state index contributed by atoms with van der Waals surface area (Å²) in [5.74, 6) is 0. The number of nitro benzene ring substituents is 1. The number of hydrogen-bond donors (Lipinski definition) is 0. The molecule has 2 rings (SSSR count). The van der Waals surface area contributed by atoms with Gasteiger partial charge in [-0.2, -0.15) is 0 Å². The predicted molar refractivity (Wildman–Crippen MR) is 73.3 cm³/mol. The second-order valence-electron chi connectivity index (χ2n) is 4.70. The van der Waals surface area contributed by atoms with Gasteiger partial charge in [-0.25, -0.2) is 0 Å². The highest BCUT2D eigenvalue weighted by Crippen LogP contribution is 2.27. The minimum absolute atomic E-state index is 0.121. The molecule has 0 amide bonds. The molecule has 1 aromatic carbocycles. The smallest absolute Gasteiger partial charge is 0.258 e. The number of hydrogen-bond acceptors (Lipinski definition) is 2. The minimum Gasteiger partial charge on any atom is -0.258 e. The van der Waals surface area contributed by atoms with Crippen molar-refractivity contribution in [3.8, 4) is 0 Å². The molecular weight excluding hydrogens is 226 g/mol. The largest absolute Gasteiger partial charge is 0.270 e. The van der Waals surface area contributed by atoms with Gasteiger partial charge in [0.25, 0.3) is 5.69 Å². The molecule has 94 valence electrons. The number of nitro groups is 1. The van der Waals surface area contributed by atoms with E-state index in [4.69, 9.17) is 0 Å². The SMILES string of the molecule is C=C(C=C1CCCCC1)c1cccc([N+](=O)[O-])c1. The van der Waals surface area contributed by atoms with Crippen LogP contribution in [-0.4, -0.2) is 4.92 Å². The van der Waals surface area contributed by atoms with Crippen LogP contribution in [0.3, 0.4) is 0 Å². The maximum absolute atomic E-state index is 10.7. The van der Waals surface area contributed by atoms with Gasteiger partial charge in [-0.15, -0.1) is 0 Å². The Bertz CT molecular complexity index is 495. The molecular formula is C15H17NO2. The van der Waals surface area contributed by atoms with Gasteiger partial charge in [0.1, 0.15) is 0 Å². The fourth-order valence-corrected chi connectivity index (χ4v) is 2.30. The molecule has 0 atom stereocenters. The Morgan fingerprint density at radius 2 is 2.00 bits per heavy atom. The van der Waals surface area contributed by atoms with Crippen molar-refractivity contribution in [2.75, 3.05) is 0 Å². The molecule has 3 heteroatoms. The maximum Gasteiger partial charge on any atom is 0.270 e. The molecule has 1 fully saturated rings. The van der Waals surface area contributed by atoms with Crippen molar-refractivity contribution >= 4 is 11.3 Å². The molecule has 0 aromatic heterocycles. The lowest BCUT2D eigenvalue weighted by Gasteiger charge is -2.14. The fourth-order valence-electron chi connectivity index (χ4n) is 2.30. The van der Waals surface area contributed by atoms with E-state index in [1.807, 2.05) is 6.07 Å². The number of nitrogens with zero attached hydrogens (tertiary/aromatic N) is 1. The van der Waals surface area contributed by atoms with Crippen molar-refractivity contribution in [3.05, 3.63) is 58.2 Å². The van der Waals surface area contributed by atoms with Crippen molar-refractivity contribution in [2.24, 2.45) is 0 Å². The molecule has 1 aromatic rings. The lowest BCUT2D eigenvalue weighted by Crippen LogP contribution is -1.94. The van der Waals surface area contributed by atoms with Gasteiger partial charge >= 0.3 is 0 Å². The summed E-state index contributed by atoms with van der Waals surface area (Å²) < 4.78 is 0. The van der Waals surface area contributed by atoms with Crippen molar-refractivity contribution in [1.82, 2.24) is 0 Å². The summed E-state index contributed by atoms with van der Waals surface area (Å²) >= 11 is 0. The van der Waals surface area contributed by atoms with E-state index in [9.17, 15) is 10.1 Å². The lowest BCUT2D eigenvalue weighted by molar-refractivity contribution is -0.384. The number of benzene rings is 1. The first-order valence-electron chi connectivity index (χ1n) is 6.30. The van der Waals surface area contributed by atoms with Crippen LogP contribution >= 0.6 is 0 Å². The molecule has 0 aliphatic heterocycles. The zero-order chi connectivity index (χ0) is 13.0. The van der Waals surface area contributed by atoms with E-state index >= 15 is 0 Å². The average Bonchev–Trinajstić information content (AvgIpc) is 2.40. The first-order chi connectivity index (χ1) is 8.66. The predicted octanol–water partition coefficient (Wildman–Crippen LogP) is 4.50. The normalized spacial score (nSPS) is 15.2. The van der Waals surface area contributed by atoms with E-state index in [0.29, 0.717) is 0 Å². The van der Waals surface area contributed by atoms with Crippen molar-refractivity contribution in [2.45, 2.75) is 32.1 Å². The second-order valence-corrected chi connectivity index (χ2v) is 4.70. The molecule has 1 saturated carbocycles. The third kappa shape index (κ3) is 3.06. The molecule has 3 nitrogen and oxygen atoms in total. The van der Waals surface area contributed by atoms with Gasteiger partial charge in [0.2, 0.25) is 0 Å². The Hall–Kier alpha value is -1.90. The third-order valence-corrected chi connectivity index (χ3v) is 3.30. The first-order valence-corrected chi connectivity index (χ1v) is 6.30. The van der Waals surface area contributed by atoms with Gasteiger partial charge in [0.15, 0.2) is 0 Å². The summed E-state index contributed by atoms with van der Waals surface area (Å²) in [6.07, 6.45) is 8.16. The molecule has 1 aliphatic rings. The summed E-state index contributed by atoms with van der Waals surface area (Å²) in [7, 11) is 0. The highest BCUT2D eigenvalue weighted by atomic mass is 16.6. The van der Waals surface area contributed by atoms with Crippen LogP contribution in [0.2, 0.25) is 0 Å². The topological polar surface area (TPSA) is 43.1 Å². The van der Waals surface area contributed by atoms with Gasteiger partial charge in [-0.05, 0) is 36.8 Å². The molecule has 0 unspecified atom stereocenters. The van der Waals surface area contributed by atoms with E-state index in [0.717, 1.165) is 24.0 Å². The summed E-state index contributed by atoms with van der Waals surface area (Å²) in [5.41, 5.74) is 3.24. The Kier molecular flexibility index (Phi) is 3.92. The maximum atomic E-state index is 10.7. The van der Waals surface area contributed by atoms with E-state index in [-0.39, 0.29) is 10.6 Å². The van der Waals surface area contributed by atoms with Gasteiger partial charge in [0, 0.05) is 12.1 Å². The number of rotatable bonds is 3. The number of non-ortho nitro benzene ring substituents is 1. The van der Waals surface area contributed by atoms with Gasteiger partial charge < -0.3 is 0 Å². The Labute approximate surface area is 107 Å². The van der Waals surface area contributed by atoms with Gasteiger partial charge in [-0.3, -0.25) is 10.1 Å². The van der Waals surface area contributed by atoms with Crippen molar-refractivity contribution in [1.29, 1.82) is 0 Å². The molecule has 0 spiro atoms. The van der Waals surface area contributed by atoms with Crippen LogP contribution < -0.4 is 0 Å².